The maximum atomic E-state index is 12.9. The quantitative estimate of drug-likeness (QED) is 0.862. The maximum Gasteiger partial charge on any atom is 0.326 e. The molecule has 1 saturated carbocycles. The molecule has 4 atom stereocenters. The molecule has 7 heteroatoms. The highest BCUT2D eigenvalue weighted by Gasteiger charge is 2.48. The zero-order chi connectivity index (χ0) is 18.3. The number of carboxylic acid groups (broad SMARTS) is 1. The fraction of sp³-hybridized carbons (Fsp3) is 0.526. The summed E-state index contributed by atoms with van der Waals surface area (Å²) in [5, 5.41) is 12.3. The zero-order valence-electron chi connectivity index (χ0n) is 14.4. The van der Waals surface area contributed by atoms with E-state index in [1.165, 1.54) is 4.90 Å². The summed E-state index contributed by atoms with van der Waals surface area (Å²) in [5.74, 6) is -0.881. The summed E-state index contributed by atoms with van der Waals surface area (Å²) < 4.78 is 5.70. The number of hydrogen-bond acceptors (Lipinski definition) is 4. The van der Waals surface area contributed by atoms with Crippen LogP contribution in [0.2, 0.25) is 0 Å². The Kier molecular flexibility index (Phi) is 4.30. The molecule has 26 heavy (non-hydrogen) atoms. The van der Waals surface area contributed by atoms with Crippen molar-refractivity contribution in [2.45, 2.75) is 56.7 Å². The second-order valence-electron chi connectivity index (χ2n) is 7.30. The van der Waals surface area contributed by atoms with Crippen molar-refractivity contribution in [2.75, 3.05) is 5.32 Å². The smallest absolute Gasteiger partial charge is 0.326 e. The van der Waals surface area contributed by atoms with Gasteiger partial charge < -0.3 is 20.1 Å². The van der Waals surface area contributed by atoms with Crippen LogP contribution in [0, 0.1) is 5.92 Å². The minimum Gasteiger partial charge on any atom is -0.480 e. The molecule has 2 fully saturated rings. The lowest BCUT2D eigenvalue weighted by atomic mass is 9.84. The maximum absolute atomic E-state index is 12.9. The third-order valence-electron chi connectivity index (χ3n) is 5.73. The Morgan fingerprint density at radius 1 is 1.23 bits per heavy atom. The summed E-state index contributed by atoms with van der Waals surface area (Å²) in [6, 6.07) is 6.23. The Balaban J connectivity index is 1.51. The summed E-state index contributed by atoms with van der Waals surface area (Å²) in [5.41, 5.74) is 0.582. The molecule has 1 saturated heterocycles. The Morgan fingerprint density at radius 3 is 2.81 bits per heavy atom. The number of nitrogens with zero attached hydrogens (tertiary/aromatic N) is 1. The number of fused-ring (bicyclic) bond motifs is 2. The van der Waals surface area contributed by atoms with Crippen LogP contribution < -0.4 is 10.1 Å². The lowest BCUT2D eigenvalue weighted by molar-refractivity contribution is -0.151. The van der Waals surface area contributed by atoms with Crippen molar-refractivity contribution in [1.29, 1.82) is 0 Å². The number of ether oxygens (including phenoxy) is 1. The lowest BCUT2D eigenvalue weighted by Gasteiger charge is -2.34. The van der Waals surface area contributed by atoms with Gasteiger partial charge in [-0.1, -0.05) is 25.0 Å². The van der Waals surface area contributed by atoms with Gasteiger partial charge in [0.1, 0.15) is 11.8 Å². The molecule has 0 aromatic heterocycles. The first-order valence-corrected chi connectivity index (χ1v) is 9.15. The average molecular weight is 358 g/mol. The van der Waals surface area contributed by atoms with Gasteiger partial charge in [-0.25, -0.2) is 4.79 Å². The van der Waals surface area contributed by atoms with Crippen LogP contribution in [-0.2, 0) is 14.4 Å². The van der Waals surface area contributed by atoms with E-state index in [9.17, 15) is 19.5 Å². The van der Waals surface area contributed by atoms with Gasteiger partial charge in [0, 0.05) is 6.04 Å². The highest BCUT2D eigenvalue weighted by atomic mass is 16.5. The SMILES string of the molecule is O=C1Nc2ccccc2OC1CC(=O)N1C(C(=O)O)CC2CCCCC21. The van der Waals surface area contributed by atoms with Gasteiger partial charge in [0.25, 0.3) is 5.91 Å². The normalized spacial score (nSPS) is 30.0. The second-order valence-corrected chi connectivity index (χ2v) is 7.30. The Bertz CT molecular complexity index is 749. The van der Waals surface area contributed by atoms with Crippen LogP contribution in [0.25, 0.3) is 0 Å². The van der Waals surface area contributed by atoms with Crippen LogP contribution in [0.1, 0.15) is 38.5 Å². The number of rotatable bonds is 3. The lowest BCUT2D eigenvalue weighted by Crippen LogP contribution is -2.49. The summed E-state index contributed by atoms with van der Waals surface area (Å²) in [4.78, 5) is 38.4. The number of anilines is 1. The molecule has 2 aliphatic heterocycles. The molecule has 4 rings (SSSR count). The van der Waals surface area contributed by atoms with E-state index in [1.54, 1.807) is 24.3 Å². The number of carbonyl (C=O) groups is 3. The van der Waals surface area contributed by atoms with Gasteiger partial charge >= 0.3 is 5.97 Å². The molecule has 2 amide bonds. The summed E-state index contributed by atoms with van der Waals surface area (Å²) in [6.07, 6.45) is 3.31. The predicted molar refractivity (Wildman–Crippen MR) is 92.7 cm³/mol. The largest absolute Gasteiger partial charge is 0.480 e. The highest BCUT2D eigenvalue weighted by Crippen LogP contribution is 2.40. The fourth-order valence-corrected chi connectivity index (χ4v) is 4.53. The number of aliphatic carboxylic acids is 1. The van der Waals surface area contributed by atoms with E-state index in [1.807, 2.05) is 0 Å². The van der Waals surface area contributed by atoms with Gasteiger partial charge in [-0.2, -0.15) is 0 Å². The molecule has 2 heterocycles. The number of likely N-dealkylation sites (tertiary alicyclic amines) is 1. The number of amides is 2. The minimum absolute atomic E-state index is 0.0312. The number of hydrogen-bond donors (Lipinski definition) is 2. The van der Waals surface area contributed by atoms with E-state index < -0.39 is 18.1 Å². The number of para-hydroxylation sites is 2. The predicted octanol–water partition coefficient (Wildman–Crippen LogP) is 2.02. The molecule has 2 N–H and O–H groups in total. The first-order valence-electron chi connectivity index (χ1n) is 9.15. The molecule has 138 valence electrons. The van der Waals surface area contributed by atoms with Crippen molar-refractivity contribution in [1.82, 2.24) is 4.90 Å². The zero-order valence-corrected chi connectivity index (χ0v) is 14.4. The first kappa shape index (κ1) is 16.9. The van der Waals surface area contributed by atoms with Crippen LogP contribution in [-0.4, -0.2) is 46.0 Å². The Labute approximate surface area is 151 Å². The Hall–Kier alpha value is -2.57. The molecule has 1 aromatic rings. The molecule has 7 nitrogen and oxygen atoms in total. The summed E-state index contributed by atoms with van der Waals surface area (Å²) >= 11 is 0. The number of nitrogens with one attached hydrogen (secondary N) is 1. The molecular formula is C19H22N2O5. The second kappa shape index (κ2) is 6.63. The van der Waals surface area contributed by atoms with Crippen molar-refractivity contribution in [3.05, 3.63) is 24.3 Å². The molecule has 4 unspecified atom stereocenters. The van der Waals surface area contributed by atoms with Gasteiger partial charge in [-0.3, -0.25) is 9.59 Å². The standard InChI is InChI=1S/C19H22N2O5/c22-17(10-16-18(23)20-12-6-2-4-8-15(12)26-16)21-13-7-3-1-5-11(13)9-14(21)19(24)25/h2,4,6,8,11,13-14,16H,1,3,5,7,9-10H2,(H,20,23)(H,24,25). The monoisotopic (exact) mass is 358 g/mol. The van der Waals surface area contributed by atoms with Gasteiger partial charge in [0.2, 0.25) is 5.91 Å². The van der Waals surface area contributed by atoms with E-state index in [0.29, 0.717) is 17.9 Å². The van der Waals surface area contributed by atoms with Crippen LogP contribution in [0.15, 0.2) is 24.3 Å². The van der Waals surface area contributed by atoms with Gasteiger partial charge in [0.15, 0.2) is 6.10 Å². The van der Waals surface area contributed by atoms with Crippen LogP contribution >= 0.6 is 0 Å². The number of carboxylic acids is 1. The van der Waals surface area contributed by atoms with Gasteiger partial charge in [0.05, 0.1) is 12.1 Å². The fourth-order valence-electron chi connectivity index (χ4n) is 4.53. The molecular weight excluding hydrogens is 336 g/mol. The molecule has 1 aromatic carbocycles. The average Bonchev–Trinajstić information content (AvgIpc) is 3.02. The van der Waals surface area contributed by atoms with E-state index in [0.717, 1.165) is 25.7 Å². The van der Waals surface area contributed by atoms with Crippen molar-refractivity contribution in [2.24, 2.45) is 5.92 Å². The van der Waals surface area contributed by atoms with Crippen LogP contribution in [0.4, 0.5) is 5.69 Å². The number of carbonyl (C=O) groups excluding carboxylic acids is 2. The Morgan fingerprint density at radius 2 is 2.00 bits per heavy atom. The van der Waals surface area contributed by atoms with Crippen molar-refractivity contribution < 1.29 is 24.2 Å². The van der Waals surface area contributed by atoms with Crippen molar-refractivity contribution in [3.8, 4) is 5.75 Å². The van der Waals surface area contributed by atoms with E-state index in [4.69, 9.17) is 4.74 Å². The van der Waals surface area contributed by atoms with E-state index in [-0.39, 0.29) is 30.2 Å². The summed E-state index contributed by atoms with van der Waals surface area (Å²) in [7, 11) is 0. The van der Waals surface area contributed by atoms with E-state index in [2.05, 4.69) is 5.32 Å². The summed E-state index contributed by atoms with van der Waals surface area (Å²) in [6.45, 7) is 0. The van der Waals surface area contributed by atoms with Crippen molar-refractivity contribution >= 4 is 23.5 Å². The molecule has 3 aliphatic rings. The number of benzene rings is 1. The third kappa shape index (κ3) is 2.91. The molecule has 0 spiro atoms. The molecule has 1 aliphatic carbocycles. The highest BCUT2D eigenvalue weighted by molar-refractivity contribution is 6.00. The first-order chi connectivity index (χ1) is 12.5. The minimum atomic E-state index is -0.966. The van der Waals surface area contributed by atoms with Crippen LogP contribution in [0.3, 0.4) is 0 Å². The van der Waals surface area contributed by atoms with Crippen molar-refractivity contribution in [3.63, 3.8) is 0 Å². The van der Waals surface area contributed by atoms with Gasteiger partial charge in [-0.05, 0) is 37.3 Å². The third-order valence-corrected chi connectivity index (χ3v) is 5.73. The molecule has 0 bridgehead atoms. The van der Waals surface area contributed by atoms with Crippen LogP contribution in [0.5, 0.6) is 5.75 Å². The van der Waals surface area contributed by atoms with E-state index >= 15 is 0 Å². The van der Waals surface area contributed by atoms with Gasteiger partial charge in [-0.15, -0.1) is 0 Å². The molecule has 0 radical (unpaired) electrons. The topological polar surface area (TPSA) is 95.9 Å².